The van der Waals surface area contributed by atoms with E-state index in [9.17, 15) is 9.59 Å². The van der Waals surface area contributed by atoms with Gasteiger partial charge in [0.25, 0.3) is 0 Å². The van der Waals surface area contributed by atoms with Crippen LogP contribution in [0.5, 0.6) is 0 Å². The number of nitrogens with two attached hydrogens (primary N) is 1. The van der Waals surface area contributed by atoms with Gasteiger partial charge in [-0.1, -0.05) is 36.4 Å². The van der Waals surface area contributed by atoms with Gasteiger partial charge in [-0.05, 0) is 30.7 Å². The molecule has 1 atom stereocenters. The fourth-order valence-corrected chi connectivity index (χ4v) is 1.89. The van der Waals surface area contributed by atoms with E-state index >= 15 is 0 Å². The normalized spacial score (nSPS) is 11.5. The zero-order valence-electron chi connectivity index (χ0n) is 11.6. The number of hydrogen-bond acceptors (Lipinski definition) is 3. The quantitative estimate of drug-likeness (QED) is 0.846. The molecule has 2 rings (SSSR count). The number of carbonyl (C=O) groups excluding carboxylic acids is 2. The van der Waals surface area contributed by atoms with Gasteiger partial charge in [0.1, 0.15) is 6.10 Å². The van der Waals surface area contributed by atoms with Gasteiger partial charge in [-0.15, -0.1) is 0 Å². The van der Waals surface area contributed by atoms with E-state index in [1.807, 2.05) is 30.3 Å². The molecule has 0 aliphatic carbocycles. The van der Waals surface area contributed by atoms with Crippen molar-refractivity contribution >= 4 is 17.7 Å². The lowest BCUT2D eigenvalue weighted by molar-refractivity contribution is 0.0338. The minimum absolute atomic E-state index is 0.351. The summed E-state index contributed by atoms with van der Waals surface area (Å²) in [4.78, 5) is 22.9. The highest BCUT2D eigenvalue weighted by molar-refractivity contribution is 5.93. The van der Waals surface area contributed by atoms with Crippen LogP contribution in [0.4, 0.5) is 10.5 Å². The lowest BCUT2D eigenvalue weighted by Gasteiger charge is -2.14. The van der Waals surface area contributed by atoms with Crippen molar-refractivity contribution in [3.63, 3.8) is 0 Å². The number of rotatable bonds is 4. The standard InChI is InChI=1S/C16H16N2O3/c1-11(12-6-3-2-4-7-12)21-15(19)13-8-5-9-14(10-13)18-16(17)20/h2-11H,1H3,(H3,17,18,20)/t11-/m0/s1. The fraction of sp³-hybridized carbons (Fsp3) is 0.125. The number of ether oxygens (including phenoxy) is 1. The van der Waals surface area contributed by atoms with Crippen LogP contribution in [0.1, 0.15) is 28.9 Å². The molecule has 108 valence electrons. The monoisotopic (exact) mass is 284 g/mol. The van der Waals surface area contributed by atoms with Crippen LogP contribution in [0.3, 0.4) is 0 Å². The smallest absolute Gasteiger partial charge is 0.338 e. The number of esters is 1. The van der Waals surface area contributed by atoms with Crippen molar-refractivity contribution in [2.45, 2.75) is 13.0 Å². The first-order chi connectivity index (χ1) is 10.1. The summed E-state index contributed by atoms with van der Waals surface area (Å²) in [6.45, 7) is 1.80. The van der Waals surface area contributed by atoms with Crippen molar-refractivity contribution in [2.24, 2.45) is 5.73 Å². The van der Waals surface area contributed by atoms with Gasteiger partial charge in [-0.2, -0.15) is 0 Å². The summed E-state index contributed by atoms with van der Waals surface area (Å²) < 4.78 is 5.40. The Kier molecular flexibility index (Phi) is 4.56. The maximum atomic E-state index is 12.1. The van der Waals surface area contributed by atoms with Gasteiger partial charge < -0.3 is 15.8 Å². The Bertz CT molecular complexity index is 641. The SMILES string of the molecule is C[C@H](OC(=O)c1cccc(NC(N)=O)c1)c1ccccc1. The molecule has 0 aliphatic heterocycles. The highest BCUT2D eigenvalue weighted by Crippen LogP contribution is 2.19. The first-order valence-corrected chi connectivity index (χ1v) is 6.48. The first-order valence-electron chi connectivity index (χ1n) is 6.48. The summed E-state index contributed by atoms with van der Waals surface area (Å²) in [6, 6.07) is 15.2. The maximum absolute atomic E-state index is 12.1. The molecule has 0 spiro atoms. The number of benzene rings is 2. The molecule has 2 amide bonds. The molecule has 2 aromatic carbocycles. The molecule has 0 saturated carbocycles. The van der Waals surface area contributed by atoms with Crippen LogP contribution >= 0.6 is 0 Å². The predicted molar refractivity (Wildman–Crippen MR) is 79.9 cm³/mol. The summed E-state index contributed by atoms with van der Waals surface area (Å²) >= 11 is 0. The zero-order valence-corrected chi connectivity index (χ0v) is 11.6. The molecule has 0 bridgehead atoms. The van der Waals surface area contributed by atoms with E-state index in [1.54, 1.807) is 25.1 Å². The van der Waals surface area contributed by atoms with Gasteiger partial charge in [-0.3, -0.25) is 0 Å². The number of carbonyl (C=O) groups is 2. The lowest BCUT2D eigenvalue weighted by atomic mass is 10.1. The first kappa shape index (κ1) is 14.6. The summed E-state index contributed by atoms with van der Waals surface area (Å²) in [6.07, 6.45) is -0.355. The second kappa shape index (κ2) is 6.56. The third-order valence-electron chi connectivity index (χ3n) is 2.92. The molecular weight excluding hydrogens is 268 g/mol. The third kappa shape index (κ3) is 4.07. The Labute approximate surface area is 122 Å². The van der Waals surface area contributed by atoms with Crippen LogP contribution < -0.4 is 11.1 Å². The molecule has 21 heavy (non-hydrogen) atoms. The Morgan fingerprint density at radius 3 is 2.48 bits per heavy atom. The van der Waals surface area contributed by atoms with E-state index in [-0.39, 0.29) is 6.10 Å². The van der Waals surface area contributed by atoms with E-state index in [0.717, 1.165) is 5.56 Å². The van der Waals surface area contributed by atoms with Gasteiger partial charge in [-0.25, -0.2) is 9.59 Å². The maximum Gasteiger partial charge on any atom is 0.338 e. The summed E-state index contributed by atoms with van der Waals surface area (Å²) in [5.74, 6) is -0.459. The molecule has 0 radical (unpaired) electrons. The van der Waals surface area contributed by atoms with E-state index in [1.165, 1.54) is 6.07 Å². The van der Waals surface area contributed by atoms with Gasteiger partial charge >= 0.3 is 12.0 Å². The average molecular weight is 284 g/mol. The second-order valence-corrected chi connectivity index (χ2v) is 4.53. The molecule has 0 fully saturated rings. The summed E-state index contributed by atoms with van der Waals surface area (Å²) in [5, 5.41) is 2.42. The van der Waals surface area contributed by atoms with Crippen LogP contribution in [0.2, 0.25) is 0 Å². The van der Waals surface area contributed by atoms with Gasteiger partial charge in [0.15, 0.2) is 0 Å². The van der Waals surface area contributed by atoms with E-state index in [4.69, 9.17) is 10.5 Å². The van der Waals surface area contributed by atoms with Crippen LogP contribution in [-0.2, 0) is 4.74 Å². The van der Waals surface area contributed by atoms with Gasteiger partial charge in [0.2, 0.25) is 0 Å². The average Bonchev–Trinajstić information content (AvgIpc) is 2.47. The minimum Gasteiger partial charge on any atom is -0.454 e. The van der Waals surface area contributed by atoms with Crippen molar-refractivity contribution < 1.29 is 14.3 Å². The van der Waals surface area contributed by atoms with E-state index in [2.05, 4.69) is 5.32 Å². The van der Waals surface area contributed by atoms with Gasteiger partial charge in [0.05, 0.1) is 5.56 Å². The Hall–Kier alpha value is -2.82. The molecule has 3 N–H and O–H groups in total. The minimum atomic E-state index is -0.682. The predicted octanol–water partition coefficient (Wildman–Crippen LogP) is 3.10. The van der Waals surface area contributed by atoms with Crippen molar-refractivity contribution in [1.82, 2.24) is 0 Å². The van der Waals surface area contributed by atoms with Crippen LogP contribution in [0, 0.1) is 0 Å². The molecule has 0 saturated heterocycles. The molecule has 5 heteroatoms. The number of hydrogen-bond donors (Lipinski definition) is 2. The highest BCUT2D eigenvalue weighted by Gasteiger charge is 2.14. The molecule has 0 heterocycles. The molecule has 0 aliphatic rings. The van der Waals surface area contributed by atoms with Crippen molar-refractivity contribution in [3.8, 4) is 0 Å². The second-order valence-electron chi connectivity index (χ2n) is 4.53. The number of primary amides is 1. The van der Waals surface area contributed by atoms with Crippen molar-refractivity contribution in [1.29, 1.82) is 0 Å². The summed E-state index contributed by atoms with van der Waals surface area (Å²) in [7, 11) is 0. The zero-order chi connectivity index (χ0) is 15.2. The Balaban J connectivity index is 2.08. The Morgan fingerprint density at radius 1 is 1.10 bits per heavy atom. The van der Waals surface area contributed by atoms with Crippen LogP contribution in [-0.4, -0.2) is 12.0 Å². The van der Waals surface area contributed by atoms with Gasteiger partial charge in [0, 0.05) is 5.69 Å². The van der Waals surface area contributed by atoms with Crippen LogP contribution in [0.25, 0.3) is 0 Å². The largest absolute Gasteiger partial charge is 0.454 e. The Morgan fingerprint density at radius 2 is 1.81 bits per heavy atom. The lowest BCUT2D eigenvalue weighted by Crippen LogP contribution is -2.19. The molecular formula is C16H16N2O3. The van der Waals surface area contributed by atoms with Crippen molar-refractivity contribution in [3.05, 3.63) is 65.7 Å². The highest BCUT2D eigenvalue weighted by atomic mass is 16.5. The molecule has 5 nitrogen and oxygen atoms in total. The molecule has 0 unspecified atom stereocenters. The fourth-order valence-electron chi connectivity index (χ4n) is 1.89. The molecule has 2 aromatic rings. The van der Waals surface area contributed by atoms with Crippen molar-refractivity contribution in [2.75, 3.05) is 5.32 Å². The number of nitrogens with one attached hydrogen (secondary N) is 1. The van der Waals surface area contributed by atoms with E-state index < -0.39 is 12.0 Å². The van der Waals surface area contributed by atoms with Crippen LogP contribution in [0.15, 0.2) is 54.6 Å². The number of urea groups is 1. The van der Waals surface area contributed by atoms with E-state index in [0.29, 0.717) is 11.3 Å². The topological polar surface area (TPSA) is 81.4 Å². The molecule has 0 aromatic heterocycles. The third-order valence-corrected chi connectivity index (χ3v) is 2.92. The summed E-state index contributed by atoms with van der Waals surface area (Å²) in [5.41, 5.74) is 6.75. The number of anilines is 1. The number of amides is 2.